The molecule has 2 aromatic rings. The number of carbonyl (C=O) groups is 1. The molecule has 0 aliphatic carbocycles. The number of rotatable bonds is 9. The average molecular weight is 349 g/mol. The molecule has 0 bridgehead atoms. The molecule has 26 heavy (non-hydrogen) atoms. The molecule has 0 aromatic heterocycles. The van der Waals surface area contributed by atoms with Crippen molar-refractivity contribution in [2.45, 2.75) is 0 Å². The molecule has 0 amide bonds. The lowest BCUT2D eigenvalue weighted by Crippen LogP contribution is -1.97. The van der Waals surface area contributed by atoms with Crippen molar-refractivity contribution in [3.63, 3.8) is 0 Å². The fourth-order valence-corrected chi connectivity index (χ4v) is 2.15. The number of hydrogen-bond donors (Lipinski definition) is 0. The largest absolute Gasteiger partial charge is 0.493 e. The number of benzene rings is 2. The Balaban J connectivity index is 2.07. The molecule has 0 atom stereocenters. The van der Waals surface area contributed by atoms with Gasteiger partial charge in [0.15, 0.2) is 23.9 Å². The van der Waals surface area contributed by atoms with Crippen LogP contribution in [0.15, 0.2) is 61.2 Å². The van der Waals surface area contributed by atoms with Crippen LogP contribution in [0.3, 0.4) is 0 Å². The van der Waals surface area contributed by atoms with Gasteiger partial charge in [-0.1, -0.05) is 24.8 Å². The maximum Gasteiger partial charge on any atom is 0.185 e. The Kier molecular flexibility index (Phi) is 7.02. The zero-order valence-corrected chi connectivity index (χ0v) is 14.5. The van der Waals surface area contributed by atoms with Gasteiger partial charge in [-0.3, -0.25) is 4.79 Å². The molecule has 0 saturated carbocycles. The number of hydrogen-bond acceptors (Lipinski definition) is 5. The van der Waals surface area contributed by atoms with Crippen molar-refractivity contribution in [2.75, 3.05) is 20.3 Å². The van der Waals surface area contributed by atoms with Crippen molar-refractivity contribution in [3.05, 3.63) is 72.3 Å². The van der Waals surface area contributed by atoms with Gasteiger partial charge >= 0.3 is 0 Å². The number of allylic oxidation sites excluding steroid dienone is 1. The van der Waals surface area contributed by atoms with Crippen LogP contribution in [-0.2, 0) is 0 Å². The molecule has 0 saturated heterocycles. The van der Waals surface area contributed by atoms with E-state index in [-0.39, 0.29) is 12.4 Å². The summed E-state index contributed by atoms with van der Waals surface area (Å²) >= 11 is 0. The van der Waals surface area contributed by atoms with E-state index in [9.17, 15) is 4.79 Å². The molecular weight excluding hydrogens is 330 g/mol. The summed E-state index contributed by atoms with van der Waals surface area (Å²) < 4.78 is 16.0. The maximum absolute atomic E-state index is 12.3. The zero-order chi connectivity index (χ0) is 18.8. The molecule has 2 aromatic carbocycles. The summed E-state index contributed by atoms with van der Waals surface area (Å²) in [6.45, 7) is 3.97. The molecule has 5 nitrogen and oxygen atoms in total. The van der Waals surface area contributed by atoms with Crippen LogP contribution in [-0.4, -0.2) is 26.1 Å². The standard InChI is InChI=1S/C21H19NO4/c1-3-13-26-20-11-5-16(15-21(20)24-2)4-10-19(23)17-6-8-18(9-7-17)25-14-12-22/h3-11,15H,1,13-14H2,2H3/b10-4+. The van der Waals surface area contributed by atoms with E-state index in [1.165, 1.54) is 6.08 Å². The van der Waals surface area contributed by atoms with Gasteiger partial charge in [-0.15, -0.1) is 0 Å². The molecule has 2 rings (SSSR count). The Labute approximate surface area is 152 Å². The summed E-state index contributed by atoms with van der Waals surface area (Å²) in [5, 5.41) is 8.49. The number of ether oxygens (including phenoxy) is 3. The molecule has 0 spiro atoms. The summed E-state index contributed by atoms with van der Waals surface area (Å²) in [5.74, 6) is 1.61. The second-order valence-corrected chi connectivity index (χ2v) is 5.18. The third kappa shape index (κ3) is 5.25. The van der Waals surface area contributed by atoms with E-state index in [4.69, 9.17) is 19.5 Å². The molecule has 5 heteroatoms. The summed E-state index contributed by atoms with van der Waals surface area (Å²) in [5.41, 5.74) is 1.35. The highest BCUT2D eigenvalue weighted by Crippen LogP contribution is 2.28. The lowest BCUT2D eigenvalue weighted by molar-refractivity contribution is 0.104. The summed E-state index contributed by atoms with van der Waals surface area (Å²) in [7, 11) is 1.56. The molecule has 0 aliphatic rings. The van der Waals surface area contributed by atoms with Gasteiger partial charge in [0.1, 0.15) is 18.4 Å². The van der Waals surface area contributed by atoms with E-state index in [0.717, 1.165) is 5.56 Å². The Morgan fingerprint density at radius 3 is 2.58 bits per heavy atom. The Hall–Kier alpha value is -3.52. The molecule has 0 radical (unpaired) electrons. The molecular formula is C21H19NO4. The maximum atomic E-state index is 12.3. The number of carbonyl (C=O) groups excluding carboxylic acids is 1. The third-order valence-electron chi connectivity index (χ3n) is 3.41. The van der Waals surface area contributed by atoms with E-state index in [2.05, 4.69) is 6.58 Å². The minimum absolute atomic E-state index is 0.0263. The topological polar surface area (TPSA) is 68.5 Å². The van der Waals surface area contributed by atoms with Crippen molar-refractivity contribution >= 4 is 11.9 Å². The van der Waals surface area contributed by atoms with Crippen LogP contribution >= 0.6 is 0 Å². The third-order valence-corrected chi connectivity index (χ3v) is 3.41. The molecule has 0 heterocycles. The zero-order valence-electron chi connectivity index (χ0n) is 14.5. The van der Waals surface area contributed by atoms with Gasteiger partial charge in [0.25, 0.3) is 0 Å². The highest BCUT2D eigenvalue weighted by atomic mass is 16.5. The van der Waals surface area contributed by atoms with Gasteiger partial charge in [0.2, 0.25) is 0 Å². The molecule has 132 valence electrons. The van der Waals surface area contributed by atoms with E-state index < -0.39 is 0 Å². The normalized spacial score (nSPS) is 10.2. The van der Waals surface area contributed by atoms with Gasteiger partial charge in [-0.05, 0) is 48.0 Å². The van der Waals surface area contributed by atoms with Crippen LogP contribution < -0.4 is 14.2 Å². The Morgan fingerprint density at radius 1 is 1.15 bits per heavy atom. The minimum atomic E-state index is -0.136. The number of ketones is 1. The Bertz CT molecular complexity index is 832. The van der Waals surface area contributed by atoms with Gasteiger partial charge in [-0.2, -0.15) is 5.26 Å². The number of methoxy groups -OCH3 is 1. The van der Waals surface area contributed by atoms with Crippen molar-refractivity contribution in [1.29, 1.82) is 5.26 Å². The fraction of sp³-hybridized carbons (Fsp3) is 0.143. The molecule has 0 N–H and O–H groups in total. The van der Waals surface area contributed by atoms with Crippen molar-refractivity contribution in [3.8, 4) is 23.3 Å². The average Bonchev–Trinajstić information content (AvgIpc) is 2.69. The van der Waals surface area contributed by atoms with Crippen LogP contribution in [0.5, 0.6) is 17.2 Å². The predicted octanol–water partition coefficient (Wildman–Crippen LogP) is 4.06. The highest BCUT2D eigenvalue weighted by molar-refractivity contribution is 6.06. The van der Waals surface area contributed by atoms with Crippen molar-refractivity contribution in [1.82, 2.24) is 0 Å². The van der Waals surface area contributed by atoms with Gasteiger partial charge < -0.3 is 14.2 Å². The first-order chi connectivity index (χ1) is 12.7. The smallest absolute Gasteiger partial charge is 0.185 e. The van der Waals surface area contributed by atoms with E-state index >= 15 is 0 Å². The fourth-order valence-electron chi connectivity index (χ4n) is 2.15. The van der Waals surface area contributed by atoms with E-state index in [1.807, 2.05) is 12.1 Å². The van der Waals surface area contributed by atoms with Crippen LogP contribution in [0.1, 0.15) is 15.9 Å². The summed E-state index contributed by atoms with van der Waals surface area (Å²) in [6, 6.07) is 13.9. The quantitative estimate of drug-likeness (QED) is 0.388. The second-order valence-electron chi connectivity index (χ2n) is 5.18. The van der Waals surface area contributed by atoms with Gasteiger partial charge in [-0.25, -0.2) is 0 Å². The van der Waals surface area contributed by atoms with Crippen molar-refractivity contribution in [2.24, 2.45) is 0 Å². The Morgan fingerprint density at radius 2 is 1.92 bits per heavy atom. The first kappa shape index (κ1) is 18.8. The second kappa shape index (κ2) is 9.70. The van der Waals surface area contributed by atoms with E-state index in [0.29, 0.717) is 29.4 Å². The van der Waals surface area contributed by atoms with Crippen LogP contribution in [0.2, 0.25) is 0 Å². The first-order valence-electron chi connectivity index (χ1n) is 7.92. The molecule has 0 unspecified atom stereocenters. The van der Waals surface area contributed by atoms with Crippen molar-refractivity contribution < 1.29 is 19.0 Å². The number of nitriles is 1. The van der Waals surface area contributed by atoms with Crippen LogP contribution in [0, 0.1) is 11.3 Å². The highest BCUT2D eigenvalue weighted by Gasteiger charge is 2.05. The SMILES string of the molecule is C=CCOc1ccc(/C=C/C(=O)c2ccc(OCC#N)cc2)cc1OC. The predicted molar refractivity (Wildman–Crippen MR) is 99.6 cm³/mol. The summed E-state index contributed by atoms with van der Waals surface area (Å²) in [4.78, 5) is 12.3. The number of nitrogens with zero attached hydrogens (tertiary/aromatic N) is 1. The minimum Gasteiger partial charge on any atom is -0.493 e. The molecule has 0 aliphatic heterocycles. The van der Waals surface area contributed by atoms with Gasteiger partial charge in [0, 0.05) is 5.56 Å². The van der Waals surface area contributed by atoms with Gasteiger partial charge in [0.05, 0.1) is 7.11 Å². The van der Waals surface area contributed by atoms with Crippen LogP contribution in [0.4, 0.5) is 0 Å². The first-order valence-corrected chi connectivity index (χ1v) is 7.92. The summed E-state index contributed by atoms with van der Waals surface area (Å²) in [6.07, 6.45) is 4.86. The monoisotopic (exact) mass is 349 g/mol. The lowest BCUT2D eigenvalue weighted by Gasteiger charge is -2.09. The van der Waals surface area contributed by atoms with Crippen LogP contribution in [0.25, 0.3) is 6.08 Å². The lowest BCUT2D eigenvalue weighted by atomic mass is 10.1. The molecule has 0 fully saturated rings. The van der Waals surface area contributed by atoms with E-state index in [1.54, 1.807) is 55.7 Å².